The van der Waals surface area contributed by atoms with Crippen LogP contribution in [0.5, 0.6) is 0 Å². The van der Waals surface area contributed by atoms with Crippen molar-refractivity contribution in [2.45, 2.75) is 37.8 Å². The van der Waals surface area contributed by atoms with Gasteiger partial charge in [0.05, 0.1) is 18.2 Å². The van der Waals surface area contributed by atoms with Crippen molar-refractivity contribution in [1.29, 1.82) is 0 Å². The Labute approximate surface area is 244 Å². The van der Waals surface area contributed by atoms with Gasteiger partial charge in [-0.1, -0.05) is 60.7 Å². The first-order chi connectivity index (χ1) is 20.0. The lowest BCUT2D eigenvalue weighted by Gasteiger charge is -2.45. The highest BCUT2D eigenvalue weighted by atomic mass is 16.1. The van der Waals surface area contributed by atoms with E-state index in [4.69, 9.17) is 4.99 Å². The Hall–Kier alpha value is -3.68. The average Bonchev–Trinajstić information content (AvgIpc) is 3.82. The van der Waals surface area contributed by atoms with Gasteiger partial charge in [-0.2, -0.15) is 0 Å². The van der Waals surface area contributed by atoms with E-state index in [1.54, 1.807) is 0 Å². The molecule has 0 aromatic heterocycles. The number of carbonyl (C=O) groups excluding carboxylic acids is 1. The van der Waals surface area contributed by atoms with Crippen LogP contribution in [0.25, 0.3) is 11.1 Å². The van der Waals surface area contributed by atoms with E-state index in [1.165, 1.54) is 17.5 Å². The van der Waals surface area contributed by atoms with E-state index >= 15 is 0 Å². The maximum absolute atomic E-state index is 13.3. The van der Waals surface area contributed by atoms with Crippen LogP contribution in [0.15, 0.2) is 83.9 Å². The van der Waals surface area contributed by atoms with Gasteiger partial charge >= 0.3 is 0 Å². The fourth-order valence-corrected chi connectivity index (χ4v) is 5.95. The molecule has 1 saturated carbocycles. The Morgan fingerprint density at radius 2 is 1.56 bits per heavy atom. The number of fused-ring (bicyclic) bond motifs is 1. The topological polar surface area (TPSA) is 54.4 Å². The monoisotopic (exact) mass is 550 g/mol. The van der Waals surface area contributed by atoms with E-state index in [-0.39, 0.29) is 11.9 Å². The third-order valence-corrected chi connectivity index (χ3v) is 8.35. The number of benzene rings is 3. The molecule has 2 fully saturated rings. The summed E-state index contributed by atoms with van der Waals surface area (Å²) in [5.41, 5.74) is 5.52. The molecule has 0 bridgehead atoms. The van der Waals surface area contributed by atoms with Crippen LogP contribution < -0.4 is 10.2 Å². The summed E-state index contributed by atoms with van der Waals surface area (Å²) in [5, 5.41) is 3.23. The van der Waals surface area contributed by atoms with Gasteiger partial charge < -0.3 is 20.0 Å². The molecule has 1 unspecified atom stereocenters. The Bertz CT molecular complexity index is 1340. The minimum Gasteiger partial charge on any atom is -0.353 e. The van der Waals surface area contributed by atoms with E-state index < -0.39 is 0 Å². The first-order valence-corrected chi connectivity index (χ1v) is 15.1. The Morgan fingerprint density at radius 1 is 0.878 bits per heavy atom. The summed E-state index contributed by atoms with van der Waals surface area (Å²) in [4.78, 5) is 28.1. The van der Waals surface area contributed by atoms with E-state index in [0.29, 0.717) is 12.5 Å². The first kappa shape index (κ1) is 27.5. The molecule has 3 aromatic rings. The van der Waals surface area contributed by atoms with Crippen LogP contribution >= 0.6 is 0 Å². The zero-order valence-electron chi connectivity index (χ0n) is 24.4. The molecule has 6 rings (SSSR count). The molecule has 1 N–H and O–H groups in total. The normalized spacial score (nSPS) is 19.2. The van der Waals surface area contributed by atoms with Crippen LogP contribution in [-0.4, -0.2) is 86.0 Å². The maximum Gasteiger partial charge on any atom is 0.222 e. The Kier molecular flexibility index (Phi) is 8.35. The fraction of sp³-hybridized carbons (Fsp3) is 0.412. The van der Waals surface area contributed by atoms with Crippen LogP contribution in [0.1, 0.15) is 37.3 Å². The number of rotatable bonds is 9. The number of para-hydroxylation sites is 1. The second-order valence-corrected chi connectivity index (χ2v) is 11.8. The summed E-state index contributed by atoms with van der Waals surface area (Å²) in [5.74, 6) is 1.07. The van der Waals surface area contributed by atoms with Gasteiger partial charge in [0, 0.05) is 43.5 Å². The van der Waals surface area contributed by atoms with Crippen molar-refractivity contribution < 1.29 is 4.79 Å². The lowest BCUT2D eigenvalue weighted by molar-refractivity contribution is -0.121. The molecule has 3 aliphatic rings. The van der Waals surface area contributed by atoms with Gasteiger partial charge in [-0.3, -0.25) is 9.69 Å². The predicted molar refractivity (Wildman–Crippen MR) is 168 cm³/mol. The van der Waals surface area contributed by atoms with E-state index in [1.807, 2.05) is 12.1 Å². The average molecular weight is 551 g/mol. The molecule has 7 nitrogen and oxygen atoms in total. The smallest absolute Gasteiger partial charge is 0.222 e. The SMILES string of the molecule is CN(C)CCCN1CCN(C2=Nc3ccccc3C(CC(=O)NC3CC3)N2c2ccc(-c3ccccc3)cc2)CC1. The highest BCUT2D eigenvalue weighted by Crippen LogP contribution is 2.41. The summed E-state index contributed by atoms with van der Waals surface area (Å²) in [6.07, 6.45) is 3.75. The third kappa shape index (κ3) is 6.63. The number of hydrogen-bond acceptors (Lipinski definition) is 6. The zero-order chi connectivity index (χ0) is 28.2. The number of amides is 1. The number of carbonyl (C=O) groups is 1. The molecule has 0 radical (unpaired) electrons. The van der Waals surface area contributed by atoms with E-state index in [2.05, 4.69) is 106 Å². The summed E-state index contributed by atoms with van der Waals surface area (Å²) >= 11 is 0. The van der Waals surface area contributed by atoms with Gasteiger partial charge in [0.15, 0.2) is 0 Å². The van der Waals surface area contributed by atoms with Gasteiger partial charge in [-0.05, 0) is 75.8 Å². The summed E-state index contributed by atoms with van der Waals surface area (Å²) in [7, 11) is 4.28. The molecule has 214 valence electrons. The van der Waals surface area contributed by atoms with Gasteiger partial charge in [-0.25, -0.2) is 4.99 Å². The summed E-state index contributed by atoms with van der Waals surface area (Å²) in [6, 6.07) is 27.8. The van der Waals surface area contributed by atoms with Crippen LogP contribution in [0, 0.1) is 0 Å². The first-order valence-electron chi connectivity index (χ1n) is 15.1. The molecular formula is C34H42N6O. The lowest BCUT2D eigenvalue weighted by Crippen LogP contribution is -2.55. The second kappa shape index (κ2) is 12.5. The maximum atomic E-state index is 13.3. The highest BCUT2D eigenvalue weighted by molar-refractivity contribution is 6.01. The Balaban J connectivity index is 1.30. The number of hydrogen-bond donors (Lipinski definition) is 1. The third-order valence-electron chi connectivity index (χ3n) is 8.35. The molecule has 1 amide bonds. The number of nitrogens with zero attached hydrogens (tertiary/aromatic N) is 5. The van der Waals surface area contributed by atoms with Crippen molar-refractivity contribution in [3.05, 3.63) is 84.4 Å². The van der Waals surface area contributed by atoms with Gasteiger partial charge in [0.2, 0.25) is 11.9 Å². The van der Waals surface area contributed by atoms with Crippen LogP contribution in [0.2, 0.25) is 0 Å². The standard InChI is InChI=1S/C34H42N6O/c1-37(2)19-8-20-38-21-23-39(24-22-38)34-36-31-12-7-6-11-30(31)32(25-33(41)35-28-15-16-28)40(34)29-17-13-27(14-18-29)26-9-4-3-5-10-26/h3-7,9-14,17-18,28,32H,8,15-16,19-25H2,1-2H3,(H,35,41). The van der Waals surface area contributed by atoms with Crippen LogP contribution in [0.4, 0.5) is 11.4 Å². The number of guanidine groups is 1. The van der Waals surface area contributed by atoms with Crippen molar-refractivity contribution in [2.24, 2.45) is 4.99 Å². The Morgan fingerprint density at radius 3 is 2.27 bits per heavy atom. The number of anilines is 1. The van der Waals surface area contributed by atoms with Crippen molar-refractivity contribution in [1.82, 2.24) is 20.0 Å². The number of nitrogens with one attached hydrogen (secondary N) is 1. The summed E-state index contributed by atoms with van der Waals surface area (Å²) in [6.45, 7) is 6.10. The molecule has 1 aliphatic carbocycles. The lowest BCUT2D eigenvalue weighted by atomic mass is 9.96. The van der Waals surface area contributed by atoms with Crippen LogP contribution in [0.3, 0.4) is 0 Å². The van der Waals surface area contributed by atoms with Crippen molar-refractivity contribution in [3.8, 4) is 11.1 Å². The predicted octanol–water partition coefficient (Wildman–Crippen LogP) is 5.14. The molecule has 2 aliphatic heterocycles. The molecule has 41 heavy (non-hydrogen) atoms. The van der Waals surface area contributed by atoms with Gasteiger partial charge in [-0.15, -0.1) is 0 Å². The molecule has 3 aromatic carbocycles. The molecular weight excluding hydrogens is 508 g/mol. The van der Waals surface area contributed by atoms with Gasteiger partial charge in [0.25, 0.3) is 0 Å². The molecule has 1 saturated heterocycles. The number of aliphatic imine (C=N–C) groups is 1. The molecule has 2 heterocycles. The molecule has 0 spiro atoms. The van der Waals surface area contributed by atoms with Crippen molar-refractivity contribution in [2.75, 3.05) is 58.3 Å². The number of piperazine rings is 1. The van der Waals surface area contributed by atoms with Gasteiger partial charge in [0.1, 0.15) is 0 Å². The molecule has 1 atom stereocenters. The molecule has 7 heteroatoms. The van der Waals surface area contributed by atoms with E-state index in [9.17, 15) is 4.79 Å². The minimum absolute atomic E-state index is 0.116. The quantitative estimate of drug-likeness (QED) is 0.400. The largest absolute Gasteiger partial charge is 0.353 e. The van der Waals surface area contributed by atoms with Crippen molar-refractivity contribution >= 4 is 23.2 Å². The van der Waals surface area contributed by atoms with Crippen molar-refractivity contribution in [3.63, 3.8) is 0 Å². The second-order valence-electron chi connectivity index (χ2n) is 11.8. The minimum atomic E-state index is -0.127. The van der Waals surface area contributed by atoms with Crippen LogP contribution in [-0.2, 0) is 4.79 Å². The zero-order valence-corrected chi connectivity index (χ0v) is 24.4. The fourth-order valence-electron chi connectivity index (χ4n) is 5.95. The summed E-state index contributed by atoms with van der Waals surface area (Å²) < 4.78 is 0. The highest BCUT2D eigenvalue weighted by Gasteiger charge is 2.37. The van der Waals surface area contributed by atoms with E-state index in [0.717, 1.165) is 75.0 Å².